The average Bonchev–Trinajstić information content (AvgIpc) is 2.94. The van der Waals surface area contributed by atoms with Crippen LogP contribution in [0.25, 0.3) is 5.82 Å². The lowest BCUT2D eigenvalue weighted by Gasteiger charge is -2.08. The monoisotopic (exact) mass is 402 g/mol. The number of aryl methyl sites for hydroxylation is 2. The molecule has 0 saturated carbocycles. The summed E-state index contributed by atoms with van der Waals surface area (Å²) in [4.78, 5) is 16.5. The number of pyridine rings is 1. The van der Waals surface area contributed by atoms with Gasteiger partial charge in [0.05, 0.1) is 11.3 Å². The molecule has 5 nitrogen and oxygen atoms in total. The van der Waals surface area contributed by atoms with Crippen molar-refractivity contribution in [1.29, 1.82) is 0 Å². The normalized spacial score (nSPS) is 10.7. The van der Waals surface area contributed by atoms with E-state index in [1.54, 1.807) is 28.9 Å². The fourth-order valence-electron chi connectivity index (χ4n) is 2.46. The topological polar surface area (TPSA) is 59.8 Å². The maximum atomic E-state index is 13.7. The van der Waals surface area contributed by atoms with Gasteiger partial charge in [0.25, 0.3) is 5.91 Å². The van der Waals surface area contributed by atoms with E-state index in [2.05, 4.69) is 31.3 Å². The summed E-state index contributed by atoms with van der Waals surface area (Å²) in [6, 6.07) is 9.96. The molecule has 2 heterocycles. The second kappa shape index (κ2) is 7.14. The highest BCUT2D eigenvalue weighted by molar-refractivity contribution is 9.10. The Bertz CT molecular complexity index is 921. The Balaban J connectivity index is 1.70. The third kappa shape index (κ3) is 3.93. The van der Waals surface area contributed by atoms with Crippen LogP contribution >= 0.6 is 15.9 Å². The van der Waals surface area contributed by atoms with E-state index in [1.165, 1.54) is 12.3 Å². The predicted molar refractivity (Wildman–Crippen MR) is 96.1 cm³/mol. The molecular formula is C18H16BrFN4O. The van der Waals surface area contributed by atoms with Gasteiger partial charge in [-0.05, 0) is 50.2 Å². The fourth-order valence-corrected chi connectivity index (χ4v) is 2.87. The lowest BCUT2D eigenvalue weighted by Crippen LogP contribution is -2.23. The molecule has 2 aromatic heterocycles. The Morgan fingerprint density at radius 2 is 2.04 bits per heavy atom. The molecule has 0 fully saturated rings. The molecule has 0 unspecified atom stereocenters. The van der Waals surface area contributed by atoms with Crippen molar-refractivity contribution in [3.63, 3.8) is 0 Å². The molecular weight excluding hydrogens is 387 g/mol. The molecule has 3 rings (SSSR count). The first kappa shape index (κ1) is 17.3. The molecule has 0 radical (unpaired) electrons. The molecule has 1 aromatic carbocycles. The summed E-state index contributed by atoms with van der Waals surface area (Å²) in [5.74, 6) is -0.0338. The molecule has 25 heavy (non-hydrogen) atoms. The van der Waals surface area contributed by atoms with E-state index >= 15 is 0 Å². The van der Waals surface area contributed by atoms with Crippen LogP contribution in [0.4, 0.5) is 4.39 Å². The van der Waals surface area contributed by atoms with Crippen molar-refractivity contribution in [1.82, 2.24) is 20.1 Å². The molecule has 128 valence electrons. The molecule has 0 spiro atoms. The lowest BCUT2D eigenvalue weighted by molar-refractivity contribution is 0.0950. The van der Waals surface area contributed by atoms with Gasteiger partial charge in [-0.1, -0.05) is 15.9 Å². The molecule has 0 bridgehead atoms. The number of benzene rings is 1. The quantitative estimate of drug-likeness (QED) is 0.723. The summed E-state index contributed by atoms with van der Waals surface area (Å²) in [7, 11) is 0. The largest absolute Gasteiger partial charge is 0.348 e. The summed E-state index contributed by atoms with van der Waals surface area (Å²) >= 11 is 3.29. The summed E-state index contributed by atoms with van der Waals surface area (Å²) in [6.45, 7) is 3.95. The zero-order valence-corrected chi connectivity index (χ0v) is 15.3. The van der Waals surface area contributed by atoms with Gasteiger partial charge in [0.1, 0.15) is 5.82 Å². The average molecular weight is 403 g/mol. The van der Waals surface area contributed by atoms with Gasteiger partial charge in [0.15, 0.2) is 5.82 Å². The van der Waals surface area contributed by atoms with Crippen LogP contribution in [0.1, 0.15) is 27.3 Å². The number of carbonyl (C=O) groups is 1. The van der Waals surface area contributed by atoms with E-state index in [4.69, 9.17) is 0 Å². The van der Waals surface area contributed by atoms with Crippen molar-refractivity contribution in [2.24, 2.45) is 0 Å². The van der Waals surface area contributed by atoms with Gasteiger partial charge in [-0.25, -0.2) is 14.1 Å². The van der Waals surface area contributed by atoms with Crippen LogP contribution in [0.3, 0.4) is 0 Å². The number of nitrogens with zero attached hydrogens (tertiary/aromatic N) is 3. The zero-order chi connectivity index (χ0) is 18.0. The highest BCUT2D eigenvalue weighted by atomic mass is 79.9. The van der Waals surface area contributed by atoms with Gasteiger partial charge in [-0.15, -0.1) is 0 Å². The number of carbonyl (C=O) groups excluding carboxylic acids is 1. The van der Waals surface area contributed by atoms with Crippen molar-refractivity contribution in [2.75, 3.05) is 0 Å². The van der Waals surface area contributed by atoms with Crippen LogP contribution in [0.2, 0.25) is 0 Å². The molecule has 0 aliphatic rings. The van der Waals surface area contributed by atoms with Crippen LogP contribution in [0, 0.1) is 19.7 Å². The Hall–Kier alpha value is -2.54. The van der Waals surface area contributed by atoms with Gasteiger partial charge in [-0.3, -0.25) is 4.79 Å². The summed E-state index contributed by atoms with van der Waals surface area (Å²) in [6.07, 6.45) is 1.48. The molecule has 7 heteroatoms. The third-order valence-electron chi connectivity index (χ3n) is 3.68. The summed E-state index contributed by atoms with van der Waals surface area (Å²) < 4.78 is 16.2. The predicted octanol–water partition coefficient (Wildman–Crippen LogP) is 3.72. The minimum atomic E-state index is -0.360. The van der Waals surface area contributed by atoms with E-state index in [1.807, 2.05) is 19.9 Å². The van der Waals surface area contributed by atoms with Crippen LogP contribution in [0.15, 0.2) is 47.1 Å². The van der Waals surface area contributed by atoms with Crippen LogP contribution in [-0.4, -0.2) is 20.7 Å². The maximum absolute atomic E-state index is 13.7. The molecule has 0 aliphatic carbocycles. The lowest BCUT2D eigenvalue weighted by atomic mass is 10.2. The van der Waals surface area contributed by atoms with Crippen LogP contribution in [-0.2, 0) is 6.54 Å². The smallest absolute Gasteiger partial charge is 0.253 e. The molecule has 0 saturated heterocycles. The number of rotatable bonds is 4. The number of halogens is 2. The van der Waals surface area contributed by atoms with Gasteiger partial charge < -0.3 is 5.32 Å². The van der Waals surface area contributed by atoms with E-state index in [9.17, 15) is 9.18 Å². The second-order valence-electron chi connectivity index (χ2n) is 5.66. The third-order valence-corrected chi connectivity index (χ3v) is 4.18. The van der Waals surface area contributed by atoms with E-state index in [0.29, 0.717) is 16.9 Å². The Kier molecular flexibility index (Phi) is 4.94. The first-order valence-electron chi connectivity index (χ1n) is 7.66. The highest BCUT2D eigenvalue weighted by Crippen LogP contribution is 2.15. The fraction of sp³-hybridized carbons (Fsp3) is 0.167. The van der Waals surface area contributed by atoms with Crippen LogP contribution in [0.5, 0.6) is 0 Å². The molecule has 1 N–H and O–H groups in total. The number of amides is 1. The summed E-state index contributed by atoms with van der Waals surface area (Å²) in [5, 5.41) is 7.05. The molecule has 0 aliphatic heterocycles. The van der Waals surface area contributed by atoms with Gasteiger partial charge in [0.2, 0.25) is 0 Å². The Morgan fingerprint density at radius 1 is 1.24 bits per heavy atom. The van der Waals surface area contributed by atoms with Gasteiger partial charge in [-0.2, -0.15) is 5.10 Å². The standard InChI is InChI=1S/C18H16BrFN4O/c1-11-7-12(2)24(23-11)17-6-3-13(9-21-17)18(25)22-10-14-8-15(19)4-5-16(14)20/h3-9H,10H2,1-2H3,(H,22,25). The highest BCUT2D eigenvalue weighted by Gasteiger charge is 2.10. The summed E-state index contributed by atoms with van der Waals surface area (Å²) in [5.41, 5.74) is 2.68. The van der Waals surface area contributed by atoms with E-state index in [-0.39, 0.29) is 18.3 Å². The van der Waals surface area contributed by atoms with E-state index < -0.39 is 0 Å². The molecule has 0 atom stereocenters. The second-order valence-corrected chi connectivity index (χ2v) is 6.58. The molecule has 1 amide bonds. The first-order chi connectivity index (χ1) is 11.9. The minimum Gasteiger partial charge on any atom is -0.348 e. The first-order valence-corrected chi connectivity index (χ1v) is 8.45. The van der Waals surface area contributed by atoms with Gasteiger partial charge >= 0.3 is 0 Å². The van der Waals surface area contributed by atoms with Crippen molar-refractivity contribution in [2.45, 2.75) is 20.4 Å². The molecule has 3 aromatic rings. The van der Waals surface area contributed by atoms with Crippen molar-refractivity contribution in [3.05, 3.63) is 75.4 Å². The van der Waals surface area contributed by atoms with Gasteiger partial charge in [0, 0.05) is 28.5 Å². The van der Waals surface area contributed by atoms with Crippen molar-refractivity contribution >= 4 is 21.8 Å². The van der Waals surface area contributed by atoms with Crippen molar-refractivity contribution < 1.29 is 9.18 Å². The number of nitrogens with one attached hydrogen (secondary N) is 1. The minimum absolute atomic E-state index is 0.101. The number of hydrogen-bond acceptors (Lipinski definition) is 3. The number of hydrogen-bond donors (Lipinski definition) is 1. The zero-order valence-electron chi connectivity index (χ0n) is 13.8. The SMILES string of the molecule is Cc1cc(C)n(-c2ccc(C(=O)NCc3cc(Br)ccc3F)cn2)n1. The van der Waals surface area contributed by atoms with Crippen molar-refractivity contribution in [3.8, 4) is 5.82 Å². The Morgan fingerprint density at radius 3 is 2.68 bits per heavy atom. The Labute approximate surface area is 153 Å². The van der Waals surface area contributed by atoms with E-state index in [0.717, 1.165) is 15.9 Å². The number of aromatic nitrogens is 3. The maximum Gasteiger partial charge on any atom is 0.253 e. The van der Waals surface area contributed by atoms with Crippen LogP contribution < -0.4 is 5.32 Å².